The third kappa shape index (κ3) is 3.33. The van der Waals surface area contributed by atoms with Crippen molar-refractivity contribution in [3.05, 3.63) is 53.6 Å². The fourth-order valence-electron chi connectivity index (χ4n) is 1.85. The third-order valence-corrected chi connectivity index (χ3v) is 2.71. The molecule has 0 radical (unpaired) electrons. The molecule has 0 bridgehead atoms. The molecule has 102 valence electrons. The van der Waals surface area contributed by atoms with Crippen molar-refractivity contribution in [2.75, 3.05) is 0 Å². The molecule has 20 heavy (non-hydrogen) atoms. The highest BCUT2D eigenvalue weighted by molar-refractivity contribution is 5.68. The molecule has 2 aromatic rings. The Morgan fingerprint density at radius 3 is 2.35 bits per heavy atom. The van der Waals surface area contributed by atoms with Crippen molar-refractivity contribution in [2.24, 2.45) is 0 Å². The van der Waals surface area contributed by atoms with Crippen LogP contribution < -0.4 is 4.74 Å². The van der Waals surface area contributed by atoms with Crippen LogP contribution in [0.1, 0.15) is 11.1 Å². The van der Waals surface area contributed by atoms with Crippen molar-refractivity contribution in [1.82, 2.24) is 0 Å². The summed E-state index contributed by atoms with van der Waals surface area (Å²) in [5.41, 5.74) is 2.51. The van der Waals surface area contributed by atoms with Gasteiger partial charge in [0.2, 0.25) is 0 Å². The maximum atomic E-state index is 12.4. The van der Waals surface area contributed by atoms with E-state index in [0.29, 0.717) is 5.56 Å². The predicted octanol–water partition coefficient (Wildman–Crippen LogP) is 4.54. The molecule has 2 rings (SSSR count). The lowest BCUT2D eigenvalue weighted by Crippen LogP contribution is -2.17. The minimum absolute atomic E-state index is 0.0683. The van der Waals surface area contributed by atoms with Gasteiger partial charge in [-0.1, -0.05) is 41.8 Å². The average molecular weight is 276 g/mol. The number of aryl methyl sites for hydroxylation is 1. The van der Waals surface area contributed by atoms with Crippen molar-refractivity contribution in [2.45, 2.75) is 13.3 Å². The lowest BCUT2D eigenvalue weighted by atomic mass is 10.0. The SMILES string of the molecule is C#Cc1ccc(-c2cccc(C)c2)cc1OC(F)(F)F. The highest BCUT2D eigenvalue weighted by atomic mass is 19.4. The molecule has 0 saturated carbocycles. The number of hydrogen-bond donors (Lipinski definition) is 0. The van der Waals surface area contributed by atoms with Gasteiger partial charge in [0.05, 0.1) is 5.56 Å². The zero-order chi connectivity index (χ0) is 14.8. The zero-order valence-corrected chi connectivity index (χ0v) is 10.7. The number of halogens is 3. The molecular weight excluding hydrogens is 265 g/mol. The first kappa shape index (κ1) is 14.0. The monoisotopic (exact) mass is 276 g/mol. The van der Waals surface area contributed by atoms with Gasteiger partial charge >= 0.3 is 6.36 Å². The molecular formula is C16H11F3O. The first-order valence-electron chi connectivity index (χ1n) is 5.82. The molecule has 0 fully saturated rings. The Labute approximate surface area is 115 Å². The predicted molar refractivity (Wildman–Crippen MR) is 71.2 cm³/mol. The molecule has 0 N–H and O–H groups in total. The Kier molecular flexibility index (Phi) is 3.71. The summed E-state index contributed by atoms with van der Waals surface area (Å²) in [6.45, 7) is 1.91. The molecule has 0 saturated heterocycles. The van der Waals surface area contributed by atoms with Crippen LogP contribution in [0.5, 0.6) is 5.75 Å². The van der Waals surface area contributed by atoms with Crippen molar-refractivity contribution in [3.8, 4) is 29.2 Å². The van der Waals surface area contributed by atoms with Crippen LogP contribution in [0.15, 0.2) is 42.5 Å². The molecule has 0 aliphatic carbocycles. The Bertz CT molecular complexity index is 666. The van der Waals surface area contributed by atoms with Gasteiger partial charge in [0, 0.05) is 0 Å². The summed E-state index contributed by atoms with van der Waals surface area (Å²) < 4.78 is 41.1. The third-order valence-electron chi connectivity index (χ3n) is 2.71. The van der Waals surface area contributed by atoms with Crippen molar-refractivity contribution in [1.29, 1.82) is 0 Å². The number of terminal acetylenes is 1. The summed E-state index contributed by atoms with van der Waals surface area (Å²) in [7, 11) is 0. The molecule has 0 aliphatic heterocycles. The maximum Gasteiger partial charge on any atom is 0.573 e. The second-order valence-electron chi connectivity index (χ2n) is 4.27. The largest absolute Gasteiger partial charge is 0.573 e. The summed E-state index contributed by atoms with van der Waals surface area (Å²) in [4.78, 5) is 0. The first-order valence-corrected chi connectivity index (χ1v) is 5.82. The number of ether oxygens (including phenoxy) is 1. The molecule has 0 aliphatic rings. The number of benzene rings is 2. The number of alkyl halides is 3. The van der Waals surface area contributed by atoms with Crippen LogP contribution in [0.4, 0.5) is 13.2 Å². The molecule has 0 amide bonds. The van der Waals surface area contributed by atoms with E-state index in [1.807, 2.05) is 31.2 Å². The Hall–Kier alpha value is -2.41. The maximum absolute atomic E-state index is 12.4. The quantitative estimate of drug-likeness (QED) is 0.732. The second-order valence-corrected chi connectivity index (χ2v) is 4.27. The smallest absolute Gasteiger partial charge is 0.404 e. The highest BCUT2D eigenvalue weighted by Gasteiger charge is 2.32. The number of hydrogen-bond acceptors (Lipinski definition) is 1. The summed E-state index contributed by atoms with van der Waals surface area (Å²) in [6, 6.07) is 11.9. The van der Waals surface area contributed by atoms with E-state index in [9.17, 15) is 13.2 Å². The van der Waals surface area contributed by atoms with Gasteiger partial charge in [-0.25, -0.2) is 0 Å². The van der Waals surface area contributed by atoms with Gasteiger partial charge < -0.3 is 4.74 Å². The van der Waals surface area contributed by atoms with E-state index in [0.717, 1.165) is 11.1 Å². The molecule has 0 heterocycles. The molecule has 2 aromatic carbocycles. The van der Waals surface area contributed by atoms with Gasteiger partial charge in [-0.15, -0.1) is 19.6 Å². The van der Waals surface area contributed by atoms with Gasteiger partial charge in [0.25, 0.3) is 0 Å². The van der Waals surface area contributed by atoms with Gasteiger partial charge in [-0.05, 0) is 30.2 Å². The minimum atomic E-state index is -4.77. The summed E-state index contributed by atoms with van der Waals surface area (Å²) in [6.07, 6.45) is 0.418. The van der Waals surface area contributed by atoms with Gasteiger partial charge in [-0.2, -0.15) is 0 Å². The van der Waals surface area contributed by atoms with Crippen LogP contribution in [0, 0.1) is 19.3 Å². The van der Waals surface area contributed by atoms with E-state index >= 15 is 0 Å². The van der Waals surface area contributed by atoms with E-state index in [1.165, 1.54) is 12.1 Å². The van der Waals surface area contributed by atoms with Crippen LogP contribution in [0.2, 0.25) is 0 Å². The normalized spacial score (nSPS) is 10.9. The van der Waals surface area contributed by atoms with Crippen LogP contribution in [0.3, 0.4) is 0 Å². The fourth-order valence-corrected chi connectivity index (χ4v) is 1.85. The molecule has 1 nitrogen and oxygen atoms in total. The van der Waals surface area contributed by atoms with Crippen LogP contribution in [-0.4, -0.2) is 6.36 Å². The lowest BCUT2D eigenvalue weighted by Gasteiger charge is -2.12. The fraction of sp³-hybridized carbons (Fsp3) is 0.125. The standard InChI is InChI=1S/C16H11F3O/c1-3-12-7-8-14(10-15(12)20-16(17,18)19)13-6-4-5-11(2)9-13/h1,4-10H,2H3. The Morgan fingerprint density at radius 1 is 1.05 bits per heavy atom. The van der Waals surface area contributed by atoms with Crippen molar-refractivity contribution < 1.29 is 17.9 Å². The van der Waals surface area contributed by atoms with E-state index in [2.05, 4.69) is 10.7 Å². The Morgan fingerprint density at radius 2 is 1.75 bits per heavy atom. The minimum Gasteiger partial charge on any atom is -0.404 e. The van der Waals surface area contributed by atoms with Gasteiger partial charge in [0.15, 0.2) is 0 Å². The van der Waals surface area contributed by atoms with Crippen LogP contribution in [-0.2, 0) is 0 Å². The highest BCUT2D eigenvalue weighted by Crippen LogP contribution is 2.31. The number of rotatable bonds is 2. The summed E-state index contributed by atoms with van der Waals surface area (Å²) in [5, 5.41) is 0. The van der Waals surface area contributed by atoms with E-state index in [4.69, 9.17) is 6.42 Å². The zero-order valence-electron chi connectivity index (χ0n) is 10.7. The average Bonchev–Trinajstić information content (AvgIpc) is 2.37. The summed E-state index contributed by atoms with van der Waals surface area (Å²) >= 11 is 0. The van der Waals surface area contributed by atoms with Crippen LogP contribution >= 0.6 is 0 Å². The van der Waals surface area contributed by atoms with E-state index in [-0.39, 0.29) is 11.3 Å². The molecule has 0 spiro atoms. The topological polar surface area (TPSA) is 9.23 Å². The summed E-state index contributed by atoms with van der Waals surface area (Å²) in [5.74, 6) is 1.82. The van der Waals surface area contributed by atoms with Gasteiger partial charge in [-0.3, -0.25) is 0 Å². The first-order chi connectivity index (χ1) is 9.39. The van der Waals surface area contributed by atoms with E-state index in [1.54, 1.807) is 6.07 Å². The molecule has 0 unspecified atom stereocenters. The molecule has 0 atom stereocenters. The van der Waals surface area contributed by atoms with Gasteiger partial charge in [0.1, 0.15) is 5.75 Å². The van der Waals surface area contributed by atoms with E-state index < -0.39 is 6.36 Å². The molecule has 4 heteroatoms. The lowest BCUT2D eigenvalue weighted by molar-refractivity contribution is -0.274. The second kappa shape index (κ2) is 5.30. The molecule has 0 aromatic heterocycles. The van der Waals surface area contributed by atoms with Crippen molar-refractivity contribution >= 4 is 0 Å². The van der Waals surface area contributed by atoms with Crippen LogP contribution in [0.25, 0.3) is 11.1 Å². The Balaban J connectivity index is 2.47. The van der Waals surface area contributed by atoms with Crippen molar-refractivity contribution in [3.63, 3.8) is 0 Å².